The van der Waals surface area contributed by atoms with Gasteiger partial charge in [-0.15, -0.1) is 0 Å². The lowest BCUT2D eigenvalue weighted by Crippen LogP contribution is -2.39. The van der Waals surface area contributed by atoms with E-state index in [-0.39, 0.29) is 18.7 Å². The van der Waals surface area contributed by atoms with E-state index < -0.39 is 5.97 Å². The maximum absolute atomic E-state index is 11.7. The van der Waals surface area contributed by atoms with Crippen molar-refractivity contribution >= 4 is 11.9 Å². The molecule has 4 nitrogen and oxygen atoms in total. The van der Waals surface area contributed by atoms with E-state index in [1.165, 1.54) is 12.8 Å². The third kappa shape index (κ3) is 3.83. The van der Waals surface area contributed by atoms with Crippen molar-refractivity contribution in [3.8, 4) is 0 Å². The second kappa shape index (κ2) is 5.87. The summed E-state index contributed by atoms with van der Waals surface area (Å²) in [4.78, 5) is 23.8. The highest BCUT2D eigenvalue weighted by molar-refractivity contribution is 5.80. The fourth-order valence-electron chi connectivity index (χ4n) is 2.35. The van der Waals surface area contributed by atoms with E-state index in [0.717, 1.165) is 12.8 Å². The molecule has 2 atom stereocenters. The molecule has 92 valence electrons. The second-order valence-electron chi connectivity index (χ2n) is 4.82. The van der Waals surface area contributed by atoms with E-state index >= 15 is 0 Å². The van der Waals surface area contributed by atoms with Crippen LogP contribution in [0.15, 0.2) is 0 Å². The van der Waals surface area contributed by atoms with Gasteiger partial charge in [-0.2, -0.15) is 0 Å². The first-order valence-electron chi connectivity index (χ1n) is 5.98. The van der Waals surface area contributed by atoms with Crippen molar-refractivity contribution < 1.29 is 14.7 Å². The molecule has 0 aromatic heterocycles. The average molecular weight is 227 g/mol. The average Bonchev–Trinajstić information content (AvgIpc) is 2.24. The lowest BCUT2D eigenvalue weighted by atomic mass is 9.86. The van der Waals surface area contributed by atoms with E-state index in [4.69, 9.17) is 5.11 Å². The molecule has 2 unspecified atom stereocenters. The van der Waals surface area contributed by atoms with E-state index in [2.05, 4.69) is 6.92 Å². The predicted octanol–water partition coefficient (Wildman–Crippen LogP) is 1.89. The number of carbonyl (C=O) groups is 2. The Balaban J connectivity index is 2.39. The lowest BCUT2D eigenvalue weighted by molar-refractivity contribution is -0.141. The fourth-order valence-corrected chi connectivity index (χ4v) is 2.35. The summed E-state index contributed by atoms with van der Waals surface area (Å²) in [6, 6.07) is 0.310. The quantitative estimate of drug-likeness (QED) is 0.797. The minimum absolute atomic E-state index is 0.0403. The molecular formula is C12H21NO3. The van der Waals surface area contributed by atoms with Crippen molar-refractivity contribution in [1.82, 2.24) is 4.90 Å². The van der Waals surface area contributed by atoms with Crippen LogP contribution in [0.1, 0.15) is 45.4 Å². The smallest absolute Gasteiger partial charge is 0.303 e. The number of hydrogen-bond donors (Lipinski definition) is 1. The van der Waals surface area contributed by atoms with Gasteiger partial charge in [0.25, 0.3) is 0 Å². The third-order valence-corrected chi connectivity index (χ3v) is 3.40. The monoisotopic (exact) mass is 227 g/mol. The van der Waals surface area contributed by atoms with Gasteiger partial charge in [0.1, 0.15) is 0 Å². The van der Waals surface area contributed by atoms with Crippen molar-refractivity contribution in [3.63, 3.8) is 0 Å². The van der Waals surface area contributed by atoms with Crippen molar-refractivity contribution in [2.24, 2.45) is 5.92 Å². The standard InChI is InChI=1S/C12H21NO3/c1-9-4-3-5-10(8-9)13(2)11(14)6-7-12(15)16/h9-10H,3-8H2,1-2H3,(H,15,16). The molecule has 1 aliphatic carbocycles. The summed E-state index contributed by atoms with van der Waals surface area (Å²) in [5.74, 6) is -0.270. The minimum Gasteiger partial charge on any atom is -0.481 e. The van der Waals surface area contributed by atoms with Crippen LogP contribution in [0.5, 0.6) is 0 Å². The maximum atomic E-state index is 11.7. The number of carboxylic acid groups (broad SMARTS) is 1. The molecule has 0 spiro atoms. The van der Waals surface area contributed by atoms with E-state index in [0.29, 0.717) is 12.0 Å². The largest absolute Gasteiger partial charge is 0.481 e. The van der Waals surface area contributed by atoms with E-state index in [1.807, 2.05) is 0 Å². The van der Waals surface area contributed by atoms with Gasteiger partial charge in [-0.05, 0) is 18.8 Å². The molecule has 0 aromatic rings. The third-order valence-electron chi connectivity index (χ3n) is 3.40. The summed E-state index contributed by atoms with van der Waals surface area (Å²) in [5.41, 5.74) is 0. The van der Waals surface area contributed by atoms with Crippen LogP contribution in [0, 0.1) is 5.92 Å². The van der Waals surface area contributed by atoms with Crippen LogP contribution >= 0.6 is 0 Å². The Kier molecular flexibility index (Phi) is 4.77. The topological polar surface area (TPSA) is 57.6 Å². The van der Waals surface area contributed by atoms with Crippen LogP contribution in [0.2, 0.25) is 0 Å². The first kappa shape index (κ1) is 13.0. The summed E-state index contributed by atoms with van der Waals surface area (Å²) in [5, 5.41) is 8.53. The van der Waals surface area contributed by atoms with Gasteiger partial charge in [0.05, 0.1) is 6.42 Å². The van der Waals surface area contributed by atoms with Crippen LogP contribution in [-0.2, 0) is 9.59 Å². The Morgan fingerprint density at radius 3 is 2.56 bits per heavy atom. The number of nitrogens with zero attached hydrogens (tertiary/aromatic N) is 1. The van der Waals surface area contributed by atoms with E-state index in [9.17, 15) is 9.59 Å². The first-order valence-corrected chi connectivity index (χ1v) is 5.98. The van der Waals surface area contributed by atoms with Crippen molar-refractivity contribution in [3.05, 3.63) is 0 Å². The number of aliphatic carboxylic acids is 1. The minimum atomic E-state index is -0.904. The Morgan fingerprint density at radius 2 is 2.00 bits per heavy atom. The second-order valence-corrected chi connectivity index (χ2v) is 4.82. The zero-order valence-electron chi connectivity index (χ0n) is 10.1. The Labute approximate surface area is 96.6 Å². The molecule has 1 aliphatic rings. The molecule has 0 heterocycles. The van der Waals surface area contributed by atoms with Gasteiger partial charge in [-0.3, -0.25) is 9.59 Å². The first-order chi connectivity index (χ1) is 7.50. The molecule has 0 aliphatic heterocycles. The van der Waals surface area contributed by atoms with Crippen LogP contribution < -0.4 is 0 Å². The molecule has 16 heavy (non-hydrogen) atoms. The molecular weight excluding hydrogens is 206 g/mol. The zero-order chi connectivity index (χ0) is 12.1. The Morgan fingerprint density at radius 1 is 1.31 bits per heavy atom. The number of rotatable bonds is 4. The van der Waals surface area contributed by atoms with Crippen LogP contribution in [-0.4, -0.2) is 35.0 Å². The highest BCUT2D eigenvalue weighted by Gasteiger charge is 2.25. The maximum Gasteiger partial charge on any atom is 0.303 e. The van der Waals surface area contributed by atoms with Gasteiger partial charge < -0.3 is 10.0 Å². The van der Waals surface area contributed by atoms with Gasteiger partial charge in [0.15, 0.2) is 0 Å². The fraction of sp³-hybridized carbons (Fsp3) is 0.833. The van der Waals surface area contributed by atoms with Crippen LogP contribution in [0.3, 0.4) is 0 Å². The van der Waals surface area contributed by atoms with Gasteiger partial charge in [-0.1, -0.05) is 19.8 Å². The summed E-state index contributed by atoms with van der Waals surface area (Å²) >= 11 is 0. The molecule has 0 saturated heterocycles. The number of hydrogen-bond acceptors (Lipinski definition) is 2. The van der Waals surface area contributed by atoms with Crippen LogP contribution in [0.4, 0.5) is 0 Å². The highest BCUT2D eigenvalue weighted by atomic mass is 16.4. The number of carbonyl (C=O) groups excluding carboxylic acids is 1. The molecule has 0 aromatic carbocycles. The Hall–Kier alpha value is -1.06. The number of amides is 1. The van der Waals surface area contributed by atoms with Crippen LogP contribution in [0.25, 0.3) is 0 Å². The molecule has 1 amide bonds. The van der Waals surface area contributed by atoms with Crippen molar-refractivity contribution in [2.45, 2.75) is 51.5 Å². The summed E-state index contributed by atoms with van der Waals surface area (Å²) in [7, 11) is 1.80. The summed E-state index contributed by atoms with van der Waals surface area (Å²) < 4.78 is 0. The van der Waals surface area contributed by atoms with Gasteiger partial charge >= 0.3 is 5.97 Å². The van der Waals surface area contributed by atoms with Gasteiger partial charge in [-0.25, -0.2) is 0 Å². The highest BCUT2D eigenvalue weighted by Crippen LogP contribution is 2.26. The molecule has 0 bridgehead atoms. The molecule has 1 N–H and O–H groups in total. The lowest BCUT2D eigenvalue weighted by Gasteiger charge is -2.34. The predicted molar refractivity (Wildman–Crippen MR) is 61.1 cm³/mol. The molecule has 1 saturated carbocycles. The van der Waals surface area contributed by atoms with Crippen molar-refractivity contribution in [2.75, 3.05) is 7.05 Å². The summed E-state index contributed by atoms with van der Waals surface area (Å²) in [6.07, 6.45) is 4.58. The van der Waals surface area contributed by atoms with E-state index in [1.54, 1.807) is 11.9 Å². The zero-order valence-corrected chi connectivity index (χ0v) is 10.1. The molecule has 1 rings (SSSR count). The van der Waals surface area contributed by atoms with Gasteiger partial charge in [0.2, 0.25) is 5.91 Å². The Bertz CT molecular complexity index is 265. The molecule has 4 heteroatoms. The number of carboxylic acids is 1. The normalized spacial score (nSPS) is 25.1. The van der Waals surface area contributed by atoms with Crippen molar-refractivity contribution in [1.29, 1.82) is 0 Å². The molecule has 1 fully saturated rings. The molecule has 0 radical (unpaired) electrons. The summed E-state index contributed by atoms with van der Waals surface area (Å²) in [6.45, 7) is 2.21. The van der Waals surface area contributed by atoms with Gasteiger partial charge in [0, 0.05) is 19.5 Å². The SMILES string of the molecule is CC1CCCC(N(C)C(=O)CCC(=O)O)C1.